The van der Waals surface area contributed by atoms with E-state index in [-0.39, 0.29) is 24.2 Å². The van der Waals surface area contributed by atoms with Crippen molar-refractivity contribution in [3.63, 3.8) is 0 Å². The van der Waals surface area contributed by atoms with Gasteiger partial charge in [-0.1, -0.05) is 44.6 Å². The van der Waals surface area contributed by atoms with Crippen LogP contribution in [0.3, 0.4) is 0 Å². The van der Waals surface area contributed by atoms with Crippen LogP contribution in [0.15, 0.2) is 59.0 Å². The first-order valence-corrected chi connectivity index (χ1v) is 15.8. The second-order valence-corrected chi connectivity index (χ2v) is 12.2. The van der Waals surface area contributed by atoms with Gasteiger partial charge in [0, 0.05) is 23.7 Å². The molecule has 1 saturated heterocycles. The fourth-order valence-corrected chi connectivity index (χ4v) is 7.12. The molecule has 1 amide bonds. The first kappa shape index (κ1) is 29.9. The van der Waals surface area contributed by atoms with Crippen molar-refractivity contribution < 1.29 is 19.2 Å². The number of non-ortho nitro benzene ring substituents is 1. The van der Waals surface area contributed by atoms with Crippen molar-refractivity contribution in [1.82, 2.24) is 4.90 Å². The van der Waals surface area contributed by atoms with E-state index in [2.05, 4.69) is 6.58 Å². The Labute approximate surface area is 252 Å². The topological polar surface area (TPSA) is 94.3 Å². The third kappa shape index (κ3) is 7.06. The molecule has 2 aliphatic carbocycles. The molecular formula is C33H39N3O5S. The van der Waals surface area contributed by atoms with Crippen LogP contribution >= 0.6 is 11.8 Å². The van der Waals surface area contributed by atoms with Crippen molar-refractivity contribution in [2.24, 2.45) is 4.99 Å². The fraction of sp³-hybridized carbons (Fsp3) is 0.455. The molecule has 2 aromatic rings. The highest BCUT2D eigenvalue weighted by Crippen LogP contribution is 2.40. The minimum Gasteiger partial charge on any atom is -0.493 e. The molecule has 0 bridgehead atoms. The van der Waals surface area contributed by atoms with E-state index >= 15 is 0 Å². The van der Waals surface area contributed by atoms with E-state index in [9.17, 15) is 14.9 Å². The number of carbonyl (C=O) groups excluding carboxylic acids is 1. The molecule has 8 nitrogen and oxygen atoms in total. The van der Waals surface area contributed by atoms with Crippen molar-refractivity contribution in [2.45, 2.75) is 89.3 Å². The Morgan fingerprint density at radius 2 is 1.76 bits per heavy atom. The Bertz CT molecular complexity index is 1360. The maximum absolute atomic E-state index is 13.9. The number of hydrogen-bond donors (Lipinski definition) is 0. The second-order valence-electron chi connectivity index (χ2n) is 11.2. The number of thioether (sulfide) groups is 1. The maximum Gasteiger partial charge on any atom is 0.269 e. The van der Waals surface area contributed by atoms with Crippen LogP contribution in [-0.4, -0.2) is 40.1 Å². The van der Waals surface area contributed by atoms with Gasteiger partial charge in [-0.05, 0) is 85.3 Å². The molecule has 222 valence electrons. The predicted octanol–water partition coefficient (Wildman–Crippen LogP) is 7.85. The Kier molecular flexibility index (Phi) is 10.00. The van der Waals surface area contributed by atoms with Gasteiger partial charge in [-0.25, -0.2) is 0 Å². The number of nitro benzene ring substituents is 1. The lowest BCUT2D eigenvalue weighted by Crippen LogP contribution is -2.41. The number of methoxy groups -OCH3 is 1. The molecule has 1 heterocycles. The van der Waals surface area contributed by atoms with Gasteiger partial charge in [0.15, 0.2) is 16.7 Å². The van der Waals surface area contributed by atoms with Crippen LogP contribution in [0.4, 0.5) is 5.69 Å². The molecule has 2 saturated carbocycles. The molecule has 0 unspecified atom stereocenters. The normalized spacial score (nSPS) is 20.3. The highest BCUT2D eigenvalue weighted by atomic mass is 32.2. The van der Waals surface area contributed by atoms with Gasteiger partial charge in [-0.2, -0.15) is 0 Å². The van der Waals surface area contributed by atoms with Crippen LogP contribution in [-0.2, 0) is 17.8 Å². The summed E-state index contributed by atoms with van der Waals surface area (Å²) in [5.74, 6) is 1.19. The standard InChI is InChI=1S/C33H39N3O5S/c1-3-10-25-19-24(20-29(40-2)31(25)41-22-23-15-17-28(18-16-23)36(38)39)21-30-32(37)35(27-13-8-5-9-14-27)33(42-30)34-26-11-6-4-7-12-26/h3,15-21,26-27H,1,4-14,22H2,2H3. The summed E-state index contributed by atoms with van der Waals surface area (Å²) in [5.41, 5.74) is 2.58. The van der Waals surface area contributed by atoms with Gasteiger partial charge in [0.2, 0.25) is 0 Å². The lowest BCUT2D eigenvalue weighted by molar-refractivity contribution is -0.384. The van der Waals surface area contributed by atoms with Crippen molar-refractivity contribution in [2.75, 3.05) is 7.11 Å². The monoisotopic (exact) mass is 589 g/mol. The number of benzene rings is 2. The van der Waals surface area contributed by atoms with Gasteiger partial charge in [-0.15, -0.1) is 6.58 Å². The van der Waals surface area contributed by atoms with Crippen LogP contribution in [0.25, 0.3) is 6.08 Å². The van der Waals surface area contributed by atoms with Crippen molar-refractivity contribution in [3.05, 3.63) is 80.8 Å². The highest BCUT2D eigenvalue weighted by Gasteiger charge is 2.39. The van der Waals surface area contributed by atoms with Crippen LogP contribution in [0.1, 0.15) is 80.9 Å². The Balaban J connectivity index is 1.42. The molecule has 1 aliphatic heterocycles. The number of carbonyl (C=O) groups is 1. The summed E-state index contributed by atoms with van der Waals surface area (Å²) in [7, 11) is 1.60. The zero-order valence-electron chi connectivity index (χ0n) is 24.3. The fourth-order valence-electron chi connectivity index (χ4n) is 6.01. The Hall–Kier alpha value is -3.59. The molecule has 0 spiro atoms. The van der Waals surface area contributed by atoms with Crippen molar-refractivity contribution >= 4 is 34.6 Å². The van der Waals surface area contributed by atoms with E-state index in [1.807, 2.05) is 23.1 Å². The molecule has 0 radical (unpaired) electrons. The van der Waals surface area contributed by atoms with Gasteiger partial charge in [0.1, 0.15) is 6.61 Å². The quantitative estimate of drug-likeness (QED) is 0.121. The SMILES string of the molecule is C=CCc1cc(C=C2SC(=NC3CCCCC3)N(C3CCCCC3)C2=O)cc(OC)c1OCc1ccc([N+](=O)[O-])cc1. The minimum absolute atomic E-state index is 0.0365. The number of aliphatic imine (C=N–C) groups is 1. The lowest BCUT2D eigenvalue weighted by Gasteiger charge is -2.31. The average Bonchev–Trinajstić information content (AvgIpc) is 3.31. The zero-order valence-corrected chi connectivity index (χ0v) is 25.1. The third-order valence-electron chi connectivity index (χ3n) is 8.21. The average molecular weight is 590 g/mol. The summed E-state index contributed by atoms with van der Waals surface area (Å²) in [6.07, 6.45) is 15.8. The Morgan fingerprint density at radius 1 is 1.07 bits per heavy atom. The van der Waals surface area contributed by atoms with Crippen LogP contribution in [0.2, 0.25) is 0 Å². The molecule has 9 heteroatoms. The van der Waals surface area contributed by atoms with Gasteiger partial charge in [-0.3, -0.25) is 24.8 Å². The number of ether oxygens (including phenoxy) is 2. The molecular weight excluding hydrogens is 550 g/mol. The number of nitrogens with zero attached hydrogens (tertiary/aromatic N) is 3. The molecule has 0 atom stereocenters. The summed E-state index contributed by atoms with van der Waals surface area (Å²) in [6.45, 7) is 4.14. The van der Waals surface area contributed by atoms with Crippen molar-refractivity contribution in [3.8, 4) is 11.5 Å². The number of amides is 1. The summed E-state index contributed by atoms with van der Waals surface area (Å²) >= 11 is 1.50. The zero-order chi connectivity index (χ0) is 29.5. The highest BCUT2D eigenvalue weighted by molar-refractivity contribution is 8.18. The third-order valence-corrected chi connectivity index (χ3v) is 9.21. The molecule has 3 fully saturated rings. The predicted molar refractivity (Wildman–Crippen MR) is 168 cm³/mol. The van der Waals surface area contributed by atoms with E-state index in [1.165, 1.54) is 49.6 Å². The maximum atomic E-state index is 13.9. The van der Waals surface area contributed by atoms with E-state index in [4.69, 9.17) is 14.5 Å². The second kappa shape index (κ2) is 14.1. The lowest BCUT2D eigenvalue weighted by atomic mass is 9.94. The van der Waals surface area contributed by atoms with E-state index in [1.54, 1.807) is 25.3 Å². The number of nitro groups is 1. The van der Waals surface area contributed by atoms with Gasteiger partial charge < -0.3 is 9.47 Å². The Morgan fingerprint density at radius 3 is 2.40 bits per heavy atom. The number of hydrogen-bond acceptors (Lipinski definition) is 7. The minimum atomic E-state index is -0.421. The molecule has 3 aliphatic rings. The number of amidine groups is 1. The number of rotatable bonds is 10. The molecule has 0 aromatic heterocycles. The summed E-state index contributed by atoms with van der Waals surface area (Å²) in [4.78, 5) is 32.2. The van der Waals surface area contributed by atoms with Crippen molar-refractivity contribution in [1.29, 1.82) is 0 Å². The summed E-state index contributed by atoms with van der Waals surface area (Å²) in [5, 5.41) is 11.9. The first-order chi connectivity index (χ1) is 20.5. The van der Waals surface area contributed by atoms with E-state index < -0.39 is 4.92 Å². The summed E-state index contributed by atoms with van der Waals surface area (Å²) < 4.78 is 11.9. The summed E-state index contributed by atoms with van der Waals surface area (Å²) in [6, 6.07) is 10.7. The first-order valence-electron chi connectivity index (χ1n) is 15.0. The van der Waals surface area contributed by atoms with Crippen LogP contribution in [0.5, 0.6) is 11.5 Å². The van der Waals surface area contributed by atoms with Crippen LogP contribution in [0, 0.1) is 10.1 Å². The van der Waals surface area contributed by atoms with Gasteiger partial charge in [0.05, 0.1) is 23.0 Å². The van der Waals surface area contributed by atoms with Gasteiger partial charge >= 0.3 is 0 Å². The van der Waals surface area contributed by atoms with E-state index in [0.29, 0.717) is 28.9 Å². The molecule has 0 N–H and O–H groups in total. The van der Waals surface area contributed by atoms with Crippen LogP contribution < -0.4 is 9.47 Å². The smallest absolute Gasteiger partial charge is 0.269 e. The molecule has 5 rings (SSSR count). The molecule has 2 aromatic carbocycles. The molecule has 42 heavy (non-hydrogen) atoms. The number of allylic oxidation sites excluding steroid dienone is 1. The van der Waals surface area contributed by atoms with Gasteiger partial charge in [0.25, 0.3) is 11.6 Å². The van der Waals surface area contributed by atoms with E-state index in [0.717, 1.165) is 60.4 Å². The largest absolute Gasteiger partial charge is 0.493 e.